The molecule has 0 N–H and O–H groups in total. The van der Waals surface area contributed by atoms with E-state index in [1.807, 2.05) is 12.1 Å². The van der Waals surface area contributed by atoms with Crippen molar-refractivity contribution >= 4 is 11.8 Å². The molecule has 2 heterocycles. The first kappa shape index (κ1) is 11.7. The predicted molar refractivity (Wildman–Crippen MR) is 58.7 cm³/mol. The Bertz CT molecular complexity index is 374. The zero-order valence-electron chi connectivity index (χ0n) is 9.67. The molecule has 0 unspecified atom stereocenters. The number of nitrogens with zero attached hydrogens (tertiary/aromatic N) is 2. The highest BCUT2D eigenvalue weighted by Gasteiger charge is 2.14. The number of methoxy groups -OCH3 is 1. The average Bonchev–Trinajstić information content (AvgIpc) is 2.40. The van der Waals surface area contributed by atoms with Gasteiger partial charge in [-0.2, -0.15) is 4.79 Å². The monoisotopic (exact) mass is 239 g/mol. The minimum atomic E-state index is -0.742. The molecule has 1 aliphatic rings. The van der Waals surface area contributed by atoms with Crippen LogP contribution < -0.4 is 14.5 Å². The Morgan fingerprint density at radius 2 is 2.00 bits per heavy atom. The Labute approximate surface area is 99.3 Å². The Morgan fingerprint density at radius 1 is 1.35 bits per heavy atom. The second-order valence-corrected chi connectivity index (χ2v) is 3.56. The highest BCUT2D eigenvalue weighted by Crippen LogP contribution is 2.12. The zero-order chi connectivity index (χ0) is 12.1. The number of hydrogen-bond acceptors (Lipinski definition) is 5. The molecule has 1 aromatic rings. The standard InChI is InChI=1S/C11H15N2O4/c1-15-11(14)17-13-4-2-10(3-5-13)12-6-8-16-9-7-12/h2-5H,6-9H2,1H3/q+1. The van der Waals surface area contributed by atoms with Crippen LogP contribution in [0.4, 0.5) is 10.5 Å². The van der Waals surface area contributed by atoms with Gasteiger partial charge in [-0.3, -0.25) is 0 Å². The van der Waals surface area contributed by atoms with Crippen LogP contribution in [0.3, 0.4) is 0 Å². The van der Waals surface area contributed by atoms with Crippen LogP contribution in [0, 0.1) is 0 Å². The van der Waals surface area contributed by atoms with Gasteiger partial charge in [0.15, 0.2) is 0 Å². The summed E-state index contributed by atoms with van der Waals surface area (Å²) in [6, 6.07) is 3.77. The summed E-state index contributed by atoms with van der Waals surface area (Å²) in [5.41, 5.74) is 1.08. The summed E-state index contributed by atoms with van der Waals surface area (Å²) in [5.74, 6) is 0. The SMILES string of the molecule is COC(=O)O[n+]1ccc(N2CCOCC2)cc1. The molecule has 1 aromatic heterocycles. The molecule has 0 spiro atoms. The third-order valence-electron chi connectivity index (χ3n) is 2.51. The molecular weight excluding hydrogens is 224 g/mol. The zero-order valence-corrected chi connectivity index (χ0v) is 9.67. The molecule has 1 aliphatic heterocycles. The number of aromatic nitrogens is 1. The number of hydrogen-bond donors (Lipinski definition) is 0. The molecule has 2 rings (SSSR count). The molecule has 1 fully saturated rings. The minimum Gasteiger partial charge on any atom is -0.434 e. The second-order valence-electron chi connectivity index (χ2n) is 3.56. The van der Waals surface area contributed by atoms with Gasteiger partial charge in [0.05, 0.1) is 20.3 Å². The third kappa shape index (κ3) is 3.07. The van der Waals surface area contributed by atoms with Gasteiger partial charge in [0.2, 0.25) is 12.4 Å². The normalized spacial score (nSPS) is 15.5. The van der Waals surface area contributed by atoms with Crippen LogP contribution in [0.2, 0.25) is 0 Å². The summed E-state index contributed by atoms with van der Waals surface area (Å²) in [5, 5.41) is 0. The van der Waals surface area contributed by atoms with Crippen molar-refractivity contribution in [1.82, 2.24) is 0 Å². The van der Waals surface area contributed by atoms with E-state index in [4.69, 9.17) is 9.57 Å². The van der Waals surface area contributed by atoms with Crippen LogP contribution in [0.15, 0.2) is 24.5 Å². The van der Waals surface area contributed by atoms with Crippen molar-refractivity contribution in [2.75, 3.05) is 38.3 Å². The smallest absolute Gasteiger partial charge is 0.434 e. The fourth-order valence-corrected chi connectivity index (χ4v) is 1.62. The van der Waals surface area contributed by atoms with E-state index in [2.05, 4.69) is 9.64 Å². The molecule has 17 heavy (non-hydrogen) atoms. The van der Waals surface area contributed by atoms with Gasteiger partial charge in [0.1, 0.15) is 0 Å². The summed E-state index contributed by atoms with van der Waals surface area (Å²) in [4.78, 5) is 17.9. The molecule has 1 saturated heterocycles. The average molecular weight is 239 g/mol. The van der Waals surface area contributed by atoms with Gasteiger partial charge in [-0.15, -0.1) is 4.84 Å². The third-order valence-corrected chi connectivity index (χ3v) is 2.51. The maximum atomic E-state index is 10.9. The van der Waals surface area contributed by atoms with Crippen molar-refractivity contribution in [3.05, 3.63) is 24.5 Å². The molecular formula is C11H15N2O4+. The quantitative estimate of drug-likeness (QED) is 0.537. The van der Waals surface area contributed by atoms with Crippen LogP contribution in [0.5, 0.6) is 0 Å². The van der Waals surface area contributed by atoms with Gasteiger partial charge in [0, 0.05) is 35.6 Å². The molecule has 0 saturated carbocycles. The minimum absolute atomic E-state index is 0.742. The first-order chi connectivity index (χ1) is 8.29. The van der Waals surface area contributed by atoms with Crippen LogP contribution in [0.1, 0.15) is 0 Å². The first-order valence-corrected chi connectivity index (χ1v) is 5.40. The highest BCUT2D eigenvalue weighted by atomic mass is 16.8. The summed E-state index contributed by atoms with van der Waals surface area (Å²) < 4.78 is 11.0. The van der Waals surface area contributed by atoms with E-state index >= 15 is 0 Å². The molecule has 0 atom stereocenters. The maximum absolute atomic E-state index is 10.9. The Kier molecular flexibility index (Phi) is 3.77. The fourth-order valence-electron chi connectivity index (χ4n) is 1.62. The lowest BCUT2D eigenvalue weighted by Gasteiger charge is -2.28. The number of morpholine rings is 1. The van der Waals surface area contributed by atoms with Gasteiger partial charge in [-0.05, 0) is 0 Å². The van der Waals surface area contributed by atoms with Gasteiger partial charge in [-0.1, -0.05) is 0 Å². The lowest BCUT2D eigenvalue weighted by Crippen LogP contribution is -2.45. The van der Waals surface area contributed by atoms with Crippen molar-refractivity contribution in [3.8, 4) is 0 Å². The number of carbonyl (C=O) groups is 1. The van der Waals surface area contributed by atoms with E-state index < -0.39 is 6.16 Å². The van der Waals surface area contributed by atoms with Gasteiger partial charge in [0.25, 0.3) is 0 Å². The van der Waals surface area contributed by atoms with Crippen molar-refractivity contribution in [2.45, 2.75) is 0 Å². The lowest BCUT2D eigenvalue weighted by molar-refractivity contribution is -0.870. The molecule has 0 aliphatic carbocycles. The molecule has 92 valence electrons. The van der Waals surface area contributed by atoms with Crippen LogP contribution in [-0.4, -0.2) is 39.6 Å². The molecule has 6 heteroatoms. The maximum Gasteiger partial charge on any atom is 0.571 e. The molecule has 0 radical (unpaired) electrons. The summed E-state index contributed by atoms with van der Waals surface area (Å²) in [6.07, 6.45) is 2.60. The Hall–Kier alpha value is -1.82. The predicted octanol–water partition coefficient (Wildman–Crippen LogP) is 0.00570. The molecule has 0 amide bonds. The summed E-state index contributed by atoms with van der Waals surface area (Å²) >= 11 is 0. The molecule has 0 bridgehead atoms. The van der Waals surface area contributed by atoms with E-state index in [0.717, 1.165) is 32.0 Å². The van der Waals surface area contributed by atoms with Crippen molar-refractivity contribution < 1.29 is 23.8 Å². The number of ether oxygens (including phenoxy) is 2. The number of pyridine rings is 1. The largest absolute Gasteiger partial charge is 0.571 e. The number of carbonyl (C=O) groups excluding carboxylic acids is 1. The van der Waals surface area contributed by atoms with Gasteiger partial charge >= 0.3 is 6.16 Å². The lowest BCUT2D eigenvalue weighted by atomic mass is 10.3. The van der Waals surface area contributed by atoms with Crippen LogP contribution in [-0.2, 0) is 9.47 Å². The summed E-state index contributed by atoms with van der Waals surface area (Å²) in [6.45, 7) is 3.24. The fraction of sp³-hybridized carbons (Fsp3) is 0.455. The topological polar surface area (TPSA) is 51.9 Å². The van der Waals surface area contributed by atoms with E-state index in [-0.39, 0.29) is 0 Å². The van der Waals surface area contributed by atoms with Crippen LogP contribution >= 0.6 is 0 Å². The van der Waals surface area contributed by atoms with Gasteiger partial charge < -0.3 is 14.4 Å². The van der Waals surface area contributed by atoms with E-state index in [9.17, 15) is 4.79 Å². The number of rotatable bonds is 2. The van der Waals surface area contributed by atoms with Crippen LogP contribution in [0.25, 0.3) is 0 Å². The number of anilines is 1. The Balaban J connectivity index is 1.99. The van der Waals surface area contributed by atoms with Gasteiger partial charge in [-0.25, -0.2) is 0 Å². The van der Waals surface area contributed by atoms with E-state index in [0.29, 0.717) is 0 Å². The summed E-state index contributed by atoms with van der Waals surface area (Å²) in [7, 11) is 1.27. The van der Waals surface area contributed by atoms with Crippen molar-refractivity contribution in [3.63, 3.8) is 0 Å². The second kappa shape index (κ2) is 5.49. The highest BCUT2D eigenvalue weighted by molar-refractivity contribution is 5.58. The van der Waals surface area contributed by atoms with E-state index in [1.54, 1.807) is 12.4 Å². The van der Waals surface area contributed by atoms with Crippen molar-refractivity contribution in [2.24, 2.45) is 0 Å². The van der Waals surface area contributed by atoms with Crippen molar-refractivity contribution in [1.29, 1.82) is 0 Å². The Morgan fingerprint density at radius 3 is 2.59 bits per heavy atom. The molecule has 6 nitrogen and oxygen atoms in total. The first-order valence-electron chi connectivity index (χ1n) is 5.40. The molecule has 0 aromatic carbocycles. The van der Waals surface area contributed by atoms with E-state index in [1.165, 1.54) is 11.8 Å².